The highest BCUT2D eigenvalue weighted by atomic mass is 16.1. The summed E-state index contributed by atoms with van der Waals surface area (Å²) in [5, 5.41) is 6.01. The number of hydrogen-bond acceptors (Lipinski definition) is 3. The normalized spacial score (nSPS) is 10.0. The number of aryl methyl sites for hydroxylation is 2. The molecule has 0 radical (unpaired) electrons. The minimum absolute atomic E-state index is 0.201. The Balaban J connectivity index is 2.10. The van der Waals surface area contributed by atoms with Crippen molar-refractivity contribution in [2.75, 3.05) is 11.9 Å². The van der Waals surface area contributed by atoms with Gasteiger partial charge in [0.25, 0.3) is 5.91 Å². The van der Waals surface area contributed by atoms with Crippen LogP contribution in [-0.2, 0) is 0 Å². The fourth-order valence-electron chi connectivity index (χ4n) is 1.88. The predicted octanol–water partition coefficient (Wildman–Crippen LogP) is 3.36. The third-order valence-corrected chi connectivity index (χ3v) is 3.08. The van der Waals surface area contributed by atoms with Crippen LogP contribution in [0.1, 0.15) is 21.6 Å². The molecule has 4 nitrogen and oxygen atoms in total. The molecule has 108 valence electrons. The van der Waals surface area contributed by atoms with Gasteiger partial charge in [0.15, 0.2) is 0 Å². The summed E-state index contributed by atoms with van der Waals surface area (Å²) in [4.78, 5) is 15.9. The number of amides is 1. The molecule has 0 saturated heterocycles. The molecule has 1 heterocycles. The number of pyridine rings is 1. The molecular formula is C17H19N3O. The van der Waals surface area contributed by atoms with Crippen molar-refractivity contribution in [2.45, 2.75) is 13.8 Å². The second kappa shape index (κ2) is 6.70. The van der Waals surface area contributed by atoms with Crippen molar-refractivity contribution >= 4 is 17.3 Å². The largest absolute Gasteiger partial charge is 0.354 e. The van der Waals surface area contributed by atoms with Gasteiger partial charge in [-0.25, -0.2) is 4.98 Å². The fourth-order valence-corrected chi connectivity index (χ4v) is 1.88. The first-order chi connectivity index (χ1) is 10.1. The van der Waals surface area contributed by atoms with Crippen LogP contribution in [0.4, 0.5) is 11.4 Å². The van der Waals surface area contributed by atoms with Crippen LogP contribution in [0.2, 0.25) is 0 Å². The highest BCUT2D eigenvalue weighted by Gasteiger charge is 2.06. The minimum Gasteiger partial charge on any atom is -0.354 e. The van der Waals surface area contributed by atoms with Crippen LogP contribution in [-0.4, -0.2) is 17.4 Å². The van der Waals surface area contributed by atoms with Gasteiger partial charge in [-0.2, -0.15) is 0 Å². The number of anilines is 2. The van der Waals surface area contributed by atoms with Crippen molar-refractivity contribution in [1.82, 2.24) is 10.3 Å². The van der Waals surface area contributed by atoms with Gasteiger partial charge in [0.2, 0.25) is 0 Å². The molecule has 0 aliphatic rings. The van der Waals surface area contributed by atoms with Gasteiger partial charge in [0.05, 0.1) is 11.9 Å². The Morgan fingerprint density at radius 3 is 2.76 bits per heavy atom. The van der Waals surface area contributed by atoms with Gasteiger partial charge in [-0.1, -0.05) is 18.2 Å². The van der Waals surface area contributed by atoms with E-state index < -0.39 is 0 Å². The molecule has 0 aliphatic carbocycles. The first-order valence-corrected chi connectivity index (χ1v) is 6.79. The summed E-state index contributed by atoms with van der Waals surface area (Å²) in [6.45, 7) is 8.09. The molecular weight excluding hydrogens is 262 g/mol. The Morgan fingerprint density at radius 2 is 2.10 bits per heavy atom. The van der Waals surface area contributed by atoms with Crippen LogP contribution in [0.25, 0.3) is 0 Å². The molecule has 0 unspecified atom stereocenters. The summed E-state index contributed by atoms with van der Waals surface area (Å²) < 4.78 is 0. The quantitative estimate of drug-likeness (QED) is 0.826. The van der Waals surface area contributed by atoms with E-state index in [9.17, 15) is 4.79 Å². The summed E-state index contributed by atoms with van der Waals surface area (Å²) in [6.07, 6.45) is 3.29. The minimum atomic E-state index is -0.201. The number of nitrogens with one attached hydrogen (secondary N) is 2. The average molecular weight is 281 g/mol. The maximum atomic E-state index is 11.7. The summed E-state index contributed by atoms with van der Waals surface area (Å²) in [5.41, 5.74) is 4.64. The van der Waals surface area contributed by atoms with Gasteiger partial charge in [0, 0.05) is 12.2 Å². The van der Waals surface area contributed by atoms with Gasteiger partial charge in [-0.3, -0.25) is 4.79 Å². The Morgan fingerprint density at radius 1 is 1.29 bits per heavy atom. The second-order valence-electron chi connectivity index (χ2n) is 4.87. The van der Waals surface area contributed by atoms with E-state index in [-0.39, 0.29) is 5.91 Å². The summed E-state index contributed by atoms with van der Waals surface area (Å²) in [7, 11) is 0. The molecule has 2 N–H and O–H groups in total. The molecule has 0 bridgehead atoms. The van der Waals surface area contributed by atoms with Crippen molar-refractivity contribution in [3.05, 3.63) is 66.0 Å². The summed E-state index contributed by atoms with van der Waals surface area (Å²) >= 11 is 0. The molecule has 0 spiro atoms. The zero-order valence-corrected chi connectivity index (χ0v) is 12.3. The molecule has 0 saturated carbocycles. The zero-order chi connectivity index (χ0) is 15.2. The number of nitrogens with zero attached hydrogens (tertiary/aromatic N) is 1. The molecule has 4 heteroatoms. The molecule has 1 amide bonds. The third kappa shape index (κ3) is 3.92. The highest BCUT2D eigenvalue weighted by Crippen LogP contribution is 2.21. The maximum Gasteiger partial charge on any atom is 0.270 e. The van der Waals surface area contributed by atoms with Gasteiger partial charge in [-0.05, 0) is 43.2 Å². The van der Waals surface area contributed by atoms with E-state index in [4.69, 9.17) is 0 Å². The van der Waals surface area contributed by atoms with E-state index in [0.29, 0.717) is 12.2 Å². The lowest BCUT2D eigenvalue weighted by molar-refractivity contribution is 0.0953. The number of benzene rings is 1. The first kappa shape index (κ1) is 14.8. The molecule has 2 rings (SSSR count). The lowest BCUT2D eigenvalue weighted by atomic mass is 10.1. The smallest absolute Gasteiger partial charge is 0.270 e. The highest BCUT2D eigenvalue weighted by molar-refractivity contribution is 5.92. The standard InChI is InChI=1S/C17H19N3O/c1-4-9-18-17(21)15-8-7-14(11-19-15)20-16-10-12(2)5-6-13(16)3/h4-8,10-11,20H,1,9H2,2-3H3,(H,18,21). The Bertz CT molecular complexity index is 648. The molecule has 0 aliphatic heterocycles. The second-order valence-corrected chi connectivity index (χ2v) is 4.87. The Hall–Kier alpha value is -2.62. The molecule has 0 atom stereocenters. The van der Waals surface area contributed by atoms with Crippen LogP contribution in [0.3, 0.4) is 0 Å². The van der Waals surface area contributed by atoms with E-state index in [0.717, 1.165) is 16.9 Å². The Kier molecular flexibility index (Phi) is 4.72. The molecule has 1 aromatic heterocycles. The van der Waals surface area contributed by atoms with E-state index in [1.165, 1.54) is 5.56 Å². The number of hydrogen-bond donors (Lipinski definition) is 2. The summed E-state index contributed by atoms with van der Waals surface area (Å²) in [5.74, 6) is -0.201. The topological polar surface area (TPSA) is 54.0 Å². The van der Waals surface area contributed by atoms with E-state index in [1.807, 2.05) is 13.0 Å². The molecule has 21 heavy (non-hydrogen) atoms. The van der Waals surface area contributed by atoms with Crippen LogP contribution in [0.5, 0.6) is 0 Å². The van der Waals surface area contributed by atoms with Crippen molar-refractivity contribution in [2.24, 2.45) is 0 Å². The van der Waals surface area contributed by atoms with Gasteiger partial charge in [0.1, 0.15) is 5.69 Å². The number of aromatic nitrogens is 1. The van der Waals surface area contributed by atoms with Crippen molar-refractivity contribution < 1.29 is 4.79 Å². The fraction of sp³-hybridized carbons (Fsp3) is 0.176. The number of carbonyl (C=O) groups is 1. The SMILES string of the molecule is C=CCNC(=O)c1ccc(Nc2cc(C)ccc2C)cn1. The predicted molar refractivity (Wildman–Crippen MR) is 86.0 cm³/mol. The van der Waals surface area contributed by atoms with E-state index in [2.05, 4.69) is 47.3 Å². The van der Waals surface area contributed by atoms with Crippen molar-refractivity contribution in [1.29, 1.82) is 0 Å². The average Bonchev–Trinajstić information content (AvgIpc) is 2.49. The Labute approximate surface area is 124 Å². The first-order valence-electron chi connectivity index (χ1n) is 6.79. The molecule has 0 fully saturated rings. The van der Waals surface area contributed by atoms with E-state index >= 15 is 0 Å². The van der Waals surface area contributed by atoms with Crippen LogP contribution >= 0.6 is 0 Å². The zero-order valence-electron chi connectivity index (χ0n) is 12.3. The van der Waals surface area contributed by atoms with Crippen LogP contribution in [0.15, 0.2) is 49.2 Å². The third-order valence-electron chi connectivity index (χ3n) is 3.08. The van der Waals surface area contributed by atoms with Crippen molar-refractivity contribution in [3.8, 4) is 0 Å². The van der Waals surface area contributed by atoms with Gasteiger partial charge in [-0.15, -0.1) is 6.58 Å². The molecule has 2 aromatic rings. The number of rotatable bonds is 5. The molecule has 1 aromatic carbocycles. The summed E-state index contributed by atoms with van der Waals surface area (Å²) in [6, 6.07) is 9.78. The lowest BCUT2D eigenvalue weighted by Crippen LogP contribution is -2.24. The van der Waals surface area contributed by atoms with Crippen LogP contribution in [0, 0.1) is 13.8 Å². The monoisotopic (exact) mass is 281 g/mol. The lowest BCUT2D eigenvalue weighted by Gasteiger charge is -2.10. The van der Waals surface area contributed by atoms with Gasteiger partial charge < -0.3 is 10.6 Å². The van der Waals surface area contributed by atoms with Gasteiger partial charge >= 0.3 is 0 Å². The maximum absolute atomic E-state index is 11.7. The van der Waals surface area contributed by atoms with Crippen LogP contribution < -0.4 is 10.6 Å². The van der Waals surface area contributed by atoms with Crippen molar-refractivity contribution in [3.63, 3.8) is 0 Å². The number of carbonyl (C=O) groups excluding carboxylic acids is 1. The van der Waals surface area contributed by atoms with E-state index in [1.54, 1.807) is 18.3 Å².